The molecule has 364 valence electrons. The number of rotatable bonds is 8. The van der Waals surface area contributed by atoms with Gasteiger partial charge in [-0.1, -0.05) is 146 Å². The number of nitriles is 4. The second kappa shape index (κ2) is 46.0. The fourth-order valence-electron chi connectivity index (χ4n) is 7.00. The first-order valence-electron chi connectivity index (χ1n) is 20.3. The van der Waals surface area contributed by atoms with Crippen molar-refractivity contribution in [3.8, 4) is 24.3 Å². The fraction of sp³-hybridized carbons (Fsp3) is 0.0714. The molecule has 8 aromatic rings. The van der Waals surface area contributed by atoms with E-state index >= 15 is 0 Å². The summed E-state index contributed by atoms with van der Waals surface area (Å²) < 4.78 is 0. The van der Waals surface area contributed by atoms with Crippen LogP contribution in [0.25, 0.3) is 0 Å². The minimum absolute atomic E-state index is 0. The summed E-state index contributed by atoms with van der Waals surface area (Å²) in [7, 11) is -3.81. The Balaban J connectivity index is -0.000000300. The molecule has 0 heterocycles. The normalized spacial score (nSPS) is 8.45. The Bertz CT molecular complexity index is 2110. The molecule has 0 aliphatic carbocycles. The Kier molecular flexibility index (Phi) is 47.6. The molecule has 15 heteroatoms. The van der Waals surface area contributed by atoms with Crippen LogP contribution in [0.1, 0.15) is 27.7 Å². The Labute approximate surface area is 459 Å². The van der Waals surface area contributed by atoms with Gasteiger partial charge in [-0.25, -0.2) is 0 Å². The van der Waals surface area contributed by atoms with E-state index in [0.717, 1.165) is 0 Å². The maximum Gasteiger partial charge on any atom is 2.00 e. The fourth-order valence-corrected chi connectivity index (χ4v) is 15.5. The molecule has 0 bridgehead atoms. The van der Waals surface area contributed by atoms with Crippen molar-refractivity contribution in [1.82, 2.24) is 11.2 Å². The third kappa shape index (κ3) is 21.6. The standard InChI is InChI=1S/2C24H20P.4C2H3N.4ClH.2NO.Os/c2*1-5-13-21(14-6-1)25(22-15-7-2-8-16-22,23-17-9-3-10-18-23)24-19-11-4-12-20-24;4*1-2-3;;;;;2*1-2;/h2*1-20H;4*1H3;4*1H;;;/q2*+1;;;;;;;;;;;+2/p-4. The van der Waals surface area contributed by atoms with Crippen molar-refractivity contribution in [1.29, 1.82) is 21.0 Å². The van der Waals surface area contributed by atoms with Crippen LogP contribution in [0, 0.1) is 55.1 Å². The molecule has 0 aliphatic rings. The maximum absolute atomic E-state index is 7.32. The van der Waals surface area contributed by atoms with E-state index < -0.39 is 14.5 Å². The molecular formula is C56H52Cl4N6O2OsP2. The molecule has 8 aromatic carbocycles. The average molecular weight is 1240 g/mol. The topological polar surface area (TPSA) is 174 Å². The van der Waals surface area contributed by atoms with Gasteiger partial charge in [-0.05, 0) is 97.1 Å². The second-order valence-electron chi connectivity index (χ2n) is 12.9. The van der Waals surface area contributed by atoms with Crippen molar-refractivity contribution < 1.29 is 69.4 Å². The third-order valence-electron chi connectivity index (χ3n) is 9.15. The molecule has 8 nitrogen and oxygen atoms in total. The zero-order valence-electron chi connectivity index (χ0n) is 39.4. The minimum Gasteiger partial charge on any atom is -1.00 e. The molecule has 0 saturated carbocycles. The Morgan fingerprint density at radius 1 is 0.239 bits per heavy atom. The van der Waals surface area contributed by atoms with Gasteiger partial charge in [0.1, 0.15) is 68.1 Å². The van der Waals surface area contributed by atoms with Gasteiger partial charge in [0.2, 0.25) is 0 Å². The molecule has 0 atom stereocenters. The quantitative estimate of drug-likeness (QED) is 0.157. The van der Waals surface area contributed by atoms with Gasteiger partial charge < -0.3 is 49.6 Å². The van der Waals surface area contributed by atoms with E-state index in [0.29, 0.717) is 0 Å². The monoisotopic (exact) mass is 1230 g/mol. The maximum atomic E-state index is 7.32. The van der Waals surface area contributed by atoms with E-state index in [1.165, 1.54) is 70.1 Å². The molecule has 0 saturated heterocycles. The largest absolute Gasteiger partial charge is 2.00 e. The molecule has 0 amide bonds. The summed E-state index contributed by atoms with van der Waals surface area (Å²) in [6.07, 6.45) is 0. The number of benzene rings is 8. The SMILES string of the molecule is CC#N.CC#N.CC#N.CC#N.[Cl-].[Cl-].[Cl-].[Cl-].[N]=O.[N]=O.[Os+2].c1ccc([P+](c2ccccc2)(c2ccccc2)c2ccccc2)cc1.c1ccc([P+](c2ccccc2)(c2ccccc2)c2ccccc2)cc1. The summed E-state index contributed by atoms with van der Waals surface area (Å²) in [6, 6.07) is 94.7. The van der Waals surface area contributed by atoms with Crippen LogP contribution in [0.15, 0.2) is 243 Å². The summed E-state index contributed by atoms with van der Waals surface area (Å²) in [6.45, 7) is 5.72. The molecule has 0 N–H and O–H groups in total. The summed E-state index contributed by atoms with van der Waals surface area (Å²) >= 11 is 0. The summed E-state index contributed by atoms with van der Waals surface area (Å²) in [5.41, 5.74) is 11.5. The predicted octanol–water partition coefficient (Wildman–Crippen LogP) is -2.15. The van der Waals surface area contributed by atoms with E-state index in [-0.39, 0.29) is 69.4 Å². The Morgan fingerprint density at radius 2 is 0.310 bits per heavy atom. The number of nitroso groups, excluding NO2 is 2. The first-order valence-corrected chi connectivity index (χ1v) is 23.9. The van der Waals surface area contributed by atoms with E-state index in [4.69, 9.17) is 42.0 Å². The Morgan fingerprint density at radius 3 is 0.380 bits per heavy atom. The van der Waals surface area contributed by atoms with Crippen LogP contribution >= 0.6 is 14.5 Å². The number of halogens is 4. The molecule has 0 fully saturated rings. The van der Waals surface area contributed by atoms with Crippen molar-refractivity contribution in [3.05, 3.63) is 252 Å². The van der Waals surface area contributed by atoms with Gasteiger partial charge in [-0.2, -0.15) is 21.0 Å². The van der Waals surface area contributed by atoms with Crippen molar-refractivity contribution in [2.45, 2.75) is 27.7 Å². The second-order valence-corrected chi connectivity index (χ2v) is 19.7. The molecule has 0 aliphatic heterocycles. The van der Waals surface area contributed by atoms with E-state index in [2.05, 4.69) is 243 Å². The minimum atomic E-state index is -1.91. The first kappa shape index (κ1) is 73.5. The third-order valence-corrected chi connectivity index (χ3v) is 17.7. The molecule has 8 rings (SSSR count). The number of hydrogen-bond acceptors (Lipinski definition) is 6. The van der Waals surface area contributed by atoms with Crippen LogP contribution < -0.4 is 103 Å². The van der Waals surface area contributed by atoms with E-state index in [9.17, 15) is 0 Å². The van der Waals surface area contributed by atoms with Gasteiger partial charge >= 0.3 is 19.8 Å². The molecule has 0 spiro atoms. The van der Waals surface area contributed by atoms with Crippen LogP contribution in [-0.2, 0) is 19.8 Å². The van der Waals surface area contributed by atoms with Gasteiger partial charge in [0.25, 0.3) is 0 Å². The molecular weight excluding hydrogens is 1180 g/mol. The van der Waals surface area contributed by atoms with Crippen LogP contribution in [0.5, 0.6) is 0 Å². The van der Waals surface area contributed by atoms with E-state index in [1.807, 2.05) is 0 Å². The van der Waals surface area contributed by atoms with Gasteiger partial charge in [-0.3, -0.25) is 0 Å². The van der Waals surface area contributed by atoms with Crippen LogP contribution in [0.2, 0.25) is 0 Å². The smallest absolute Gasteiger partial charge is 1.00 e. The van der Waals surface area contributed by atoms with Crippen LogP contribution in [0.3, 0.4) is 0 Å². The first-order chi connectivity index (χ1) is 32.5. The zero-order valence-corrected chi connectivity index (χ0v) is 46.7. The molecule has 2 radical (unpaired) electrons. The van der Waals surface area contributed by atoms with Crippen molar-refractivity contribution in [2.75, 3.05) is 0 Å². The van der Waals surface area contributed by atoms with Crippen LogP contribution in [-0.4, -0.2) is 0 Å². The molecule has 0 unspecified atom stereocenters. The molecule has 0 aromatic heterocycles. The summed E-state index contributed by atoms with van der Waals surface area (Å²) in [5, 5.41) is 40.4. The average Bonchev–Trinajstić information content (AvgIpc) is 3.40. The molecule has 71 heavy (non-hydrogen) atoms. The van der Waals surface area contributed by atoms with Crippen molar-refractivity contribution in [2.24, 2.45) is 0 Å². The number of nitrogens with zero attached hydrogens (tertiary/aromatic N) is 6. The Hall–Kier alpha value is -6.42. The van der Waals surface area contributed by atoms with Crippen LogP contribution in [0.4, 0.5) is 0 Å². The van der Waals surface area contributed by atoms with Crippen molar-refractivity contribution in [3.63, 3.8) is 0 Å². The summed E-state index contributed by atoms with van der Waals surface area (Å²) in [4.78, 5) is 14.5. The van der Waals surface area contributed by atoms with E-state index in [1.54, 1.807) is 24.3 Å². The van der Waals surface area contributed by atoms with Gasteiger partial charge in [0.05, 0.1) is 24.3 Å². The number of hydrogen-bond donors (Lipinski definition) is 0. The predicted molar refractivity (Wildman–Crippen MR) is 279 cm³/mol. The van der Waals surface area contributed by atoms with Gasteiger partial charge in [0.15, 0.2) is 0 Å². The summed E-state index contributed by atoms with van der Waals surface area (Å²) in [5.74, 6) is 0. The van der Waals surface area contributed by atoms with Gasteiger partial charge in [-0.15, -0.1) is 9.81 Å². The van der Waals surface area contributed by atoms with Crippen molar-refractivity contribution >= 4 is 57.0 Å². The van der Waals surface area contributed by atoms with Gasteiger partial charge in [0, 0.05) is 27.7 Å². The zero-order chi connectivity index (χ0) is 48.7.